The first-order valence-electron chi connectivity index (χ1n) is 9.09. The van der Waals surface area contributed by atoms with Gasteiger partial charge in [0.15, 0.2) is 0 Å². The molecule has 2 aromatic rings. The Hall–Kier alpha value is -2.38. The van der Waals surface area contributed by atoms with Crippen LogP contribution in [0.1, 0.15) is 23.7 Å². The van der Waals surface area contributed by atoms with Crippen LogP contribution in [0.4, 0.5) is 0 Å². The van der Waals surface area contributed by atoms with Gasteiger partial charge in [0, 0.05) is 31.7 Å². The molecule has 1 aliphatic rings. The number of sulfonamides is 1. The molecule has 1 amide bonds. The standard InChI is InChI=1S/C20H24N2O4S/c1-2-16-26-18-10-8-17(9-11-18)20(23)21-12-14-22(15-13-21)27(24,25)19-6-4-3-5-7-19/h3-11H,2,12-16H2,1H3. The summed E-state index contributed by atoms with van der Waals surface area (Å²) in [6.45, 7) is 4.01. The van der Waals surface area contributed by atoms with Crippen molar-refractivity contribution < 1.29 is 17.9 Å². The lowest BCUT2D eigenvalue weighted by Crippen LogP contribution is -2.50. The minimum atomic E-state index is -3.51. The molecule has 0 radical (unpaired) electrons. The molecule has 6 nitrogen and oxygen atoms in total. The largest absolute Gasteiger partial charge is 0.494 e. The fourth-order valence-corrected chi connectivity index (χ4v) is 4.41. The summed E-state index contributed by atoms with van der Waals surface area (Å²) in [7, 11) is -3.51. The van der Waals surface area contributed by atoms with Crippen LogP contribution in [0.15, 0.2) is 59.5 Å². The maximum absolute atomic E-state index is 12.7. The van der Waals surface area contributed by atoms with Gasteiger partial charge in [-0.3, -0.25) is 4.79 Å². The van der Waals surface area contributed by atoms with Crippen LogP contribution in [0.25, 0.3) is 0 Å². The van der Waals surface area contributed by atoms with Crippen LogP contribution < -0.4 is 4.74 Å². The molecule has 144 valence electrons. The van der Waals surface area contributed by atoms with E-state index in [0.29, 0.717) is 38.3 Å². The summed E-state index contributed by atoms with van der Waals surface area (Å²) in [5.41, 5.74) is 0.582. The van der Waals surface area contributed by atoms with Crippen LogP contribution in [-0.4, -0.2) is 56.3 Å². The van der Waals surface area contributed by atoms with Gasteiger partial charge in [0.2, 0.25) is 10.0 Å². The van der Waals surface area contributed by atoms with Crippen LogP contribution in [0, 0.1) is 0 Å². The molecule has 1 aliphatic heterocycles. The van der Waals surface area contributed by atoms with Crippen molar-refractivity contribution in [3.8, 4) is 5.75 Å². The normalized spacial score (nSPS) is 15.5. The summed E-state index contributed by atoms with van der Waals surface area (Å²) in [5.74, 6) is 0.654. The Bertz CT molecular complexity index is 859. The van der Waals surface area contributed by atoms with E-state index >= 15 is 0 Å². The number of hydrogen-bond donors (Lipinski definition) is 0. The highest BCUT2D eigenvalue weighted by Gasteiger charge is 2.30. The topological polar surface area (TPSA) is 66.9 Å². The van der Waals surface area contributed by atoms with E-state index in [1.807, 2.05) is 6.92 Å². The molecule has 2 aromatic carbocycles. The summed E-state index contributed by atoms with van der Waals surface area (Å²) < 4.78 is 32.3. The molecule has 0 aliphatic carbocycles. The summed E-state index contributed by atoms with van der Waals surface area (Å²) in [6.07, 6.45) is 0.927. The SMILES string of the molecule is CCCOc1ccc(C(=O)N2CCN(S(=O)(=O)c3ccccc3)CC2)cc1. The number of hydrogen-bond acceptors (Lipinski definition) is 4. The molecule has 0 aromatic heterocycles. The minimum absolute atomic E-state index is 0.0891. The lowest BCUT2D eigenvalue weighted by atomic mass is 10.2. The molecule has 1 fully saturated rings. The zero-order valence-corrected chi connectivity index (χ0v) is 16.2. The highest BCUT2D eigenvalue weighted by molar-refractivity contribution is 7.89. The number of rotatable bonds is 6. The van der Waals surface area contributed by atoms with Gasteiger partial charge in [-0.25, -0.2) is 8.42 Å². The van der Waals surface area contributed by atoms with E-state index in [2.05, 4.69) is 0 Å². The van der Waals surface area contributed by atoms with Crippen LogP contribution in [0.3, 0.4) is 0 Å². The van der Waals surface area contributed by atoms with Gasteiger partial charge in [-0.15, -0.1) is 0 Å². The Balaban J connectivity index is 1.61. The molecule has 27 heavy (non-hydrogen) atoms. The Morgan fingerprint density at radius 2 is 1.59 bits per heavy atom. The average Bonchev–Trinajstić information content (AvgIpc) is 2.73. The second kappa shape index (κ2) is 8.54. The summed E-state index contributed by atoms with van der Waals surface area (Å²) in [6, 6.07) is 15.5. The highest BCUT2D eigenvalue weighted by Crippen LogP contribution is 2.19. The first kappa shape index (κ1) is 19.4. The number of ether oxygens (including phenoxy) is 1. The zero-order valence-electron chi connectivity index (χ0n) is 15.4. The number of nitrogens with zero attached hydrogens (tertiary/aromatic N) is 2. The first-order valence-corrected chi connectivity index (χ1v) is 10.5. The molecule has 3 rings (SSSR count). The van der Waals surface area contributed by atoms with E-state index in [9.17, 15) is 13.2 Å². The van der Waals surface area contributed by atoms with Crippen LogP contribution in [0.2, 0.25) is 0 Å². The van der Waals surface area contributed by atoms with E-state index in [4.69, 9.17) is 4.74 Å². The average molecular weight is 388 g/mol. The molecular weight excluding hydrogens is 364 g/mol. The third-order valence-electron chi connectivity index (χ3n) is 4.48. The monoisotopic (exact) mass is 388 g/mol. The summed E-state index contributed by atoms with van der Waals surface area (Å²) in [5, 5.41) is 0. The molecule has 0 unspecified atom stereocenters. The maximum atomic E-state index is 12.7. The van der Waals surface area contributed by atoms with E-state index in [-0.39, 0.29) is 10.8 Å². The Labute approximate surface area is 160 Å². The lowest BCUT2D eigenvalue weighted by molar-refractivity contribution is 0.0698. The zero-order chi connectivity index (χ0) is 19.3. The van der Waals surface area contributed by atoms with Gasteiger partial charge in [0.25, 0.3) is 5.91 Å². The quantitative estimate of drug-likeness (QED) is 0.763. The van der Waals surface area contributed by atoms with Crippen LogP contribution in [-0.2, 0) is 10.0 Å². The molecule has 1 saturated heterocycles. The molecule has 7 heteroatoms. The Morgan fingerprint density at radius 3 is 2.19 bits per heavy atom. The van der Waals surface area contributed by atoms with Gasteiger partial charge in [-0.05, 0) is 42.8 Å². The molecule has 0 N–H and O–H groups in total. The second-order valence-corrected chi connectivity index (χ2v) is 8.32. The third-order valence-corrected chi connectivity index (χ3v) is 6.39. The van der Waals surface area contributed by atoms with Crippen molar-refractivity contribution in [3.63, 3.8) is 0 Å². The first-order chi connectivity index (χ1) is 13.0. The van der Waals surface area contributed by atoms with Crippen molar-refractivity contribution in [1.29, 1.82) is 0 Å². The summed E-state index contributed by atoms with van der Waals surface area (Å²) in [4.78, 5) is 14.6. The van der Waals surface area contributed by atoms with Crippen molar-refractivity contribution in [2.45, 2.75) is 18.2 Å². The molecule has 0 spiro atoms. The number of piperazine rings is 1. The fraction of sp³-hybridized carbons (Fsp3) is 0.350. The highest BCUT2D eigenvalue weighted by atomic mass is 32.2. The molecule has 1 heterocycles. The van der Waals surface area contributed by atoms with E-state index in [1.54, 1.807) is 59.5 Å². The van der Waals surface area contributed by atoms with Gasteiger partial charge in [0.1, 0.15) is 5.75 Å². The Morgan fingerprint density at radius 1 is 0.963 bits per heavy atom. The van der Waals surface area contributed by atoms with Crippen molar-refractivity contribution in [2.75, 3.05) is 32.8 Å². The number of carbonyl (C=O) groups excluding carboxylic acids is 1. The van der Waals surface area contributed by atoms with Crippen molar-refractivity contribution in [3.05, 3.63) is 60.2 Å². The molecule has 0 atom stereocenters. The fourth-order valence-electron chi connectivity index (χ4n) is 2.97. The van der Waals surface area contributed by atoms with Gasteiger partial charge in [-0.1, -0.05) is 25.1 Å². The second-order valence-electron chi connectivity index (χ2n) is 6.38. The third kappa shape index (κ3) is 4.48. The lowest BCUT2D eigenvalue weighted by Gasteiger charge is -2.34. The van der Waals surface area contributed by atoms with Gasteiger partial charge in [0.05, 0.1) is 11.5 Å². The van der Waals surface area contributed by atoms with E-state index in [0.717, 1.165) is 12.2 Å². The molecular formula is C20H24N2O4S. The Kier molecular flexibility index (Phi) is 6.13. The van der Waals surface area contributed by atoms with Crippen LogP contribution >= 0.6 is 0 Å². The number of amides is 1. The van der Waals surface area contributed by atoms with E-state index < -0.39 is 10.0 Å². The number of benzene rings is 2. The minimum Gasteiger partial charge on any atom is -0.494 e. The van der Waals surface area contributed by atoms with E-state index in [1.165, 1.54) is 4.31 Å². The maximum Gasteiger partial charge on any atom is 0.253 e. The van der Waals surface area contributed by atoms with Gasteiger partial charge < -0.3 is 9.64 Å². The molecule has 0 saturated carbocycles. The van der Waals surface area contributed by atoms with Gasteiger partial charge in [-0.2, -0.15) is 4.31 Å². The van der Waals surface area contributed by atoms with Crippen molar-refractivity contribution in [2.24, 2.45) is 0 Å². The summed E-state index contributed by atoms with van der Waals surface area (Å²) >= 11 is 0. The molecule has 0 bridgehead atoms. The smallest absolute Gasteiger partial charge is 0.253 e. The van der Waals surface area contributed by atoms with Crippen molar-refractivity contribution >= 4 is 15.9 Å². The van der Waals surface area contributed by atoms with Gasteiger partial charge >= 0.3 is 0 Å². The predicted octanol–water partition coefficient (Wildman–Crippen LogP) is 2.62. The number of carbonyl (C=O) groups is 1. The van der Waals surface area contributed by atoms with Crippen LogP contribution in [0.5, 0.6) is 5.75 Å². The predicted molar refractivity (Wildman–Crippen MR) is 103 cm³/mol. The van der Waals surface area contributed by atoms with Crippen molar-refractivity contribution in [1.82, 2.24) is 9.21 Å².